The molecule has 3 rings (SSSR count). The van der Waals surface area contributed by atoms with Gasteiger partial charge in [-0.15, -0.1) is 0 Å². The van der Waals surface area contributed by atoms with Gasteiger partial charge in [0.15, 0.2) is 0 Å². The van der Waals surface area contributed by atoms with Crippen molar-refractivity contribution in [3.05, 3.63) is 35.0 Å². The van der Waals surface area contributed by atoms with Gasteiger partial charge in [0.1, 0.15) is 6.04 Å². The minimum Gasteiger partial charge on any atom is -0.480 e. The van der Waals surface area contributed by atoms with Gasteiger partial charge >= 0.3 is 5.97 Å². The van der Waals surface area contributed by atoms with Gasteiger partial charge in [-0.05, 0) is 36.6 Å². The fraction of sp³-hybridized carbons (Fsp3) is 0.438. The topological polar surface area (TPSA) is 56.3 Å². The second-order valence-electron chi connectivity index (χ2n) is 5.82. The van der Waals surface area contributed by atoms with Crippen molar-refractivity contribution in [2.24, 2.45) is 5.92 Å². The number of halogens is 1. The molecule has 1 saturated heterocycles. The van der Waals surface area contributed by atoms with Crippen molar-refractivity contribution in [1.82, 2.24) is 9.88 Å². The number of carboxylic acid groups (broad SMARTS) is 1. The van der Waals surface area contributed by atoms with Crippen LogP contribution in [-0.4, -0.2) is 33.5 Å². The summed E-state index contributed by atoms with van der Waals surface area (Å²) < 4.78 is 0. The van der Waals surface area contributed by atoms with Crippen LogP contribution in [-0.2, 0) is 11.3 Å². The lowest BCUT2D eigenvalue weighted by Gasteiger charge is -2.20. The summed E-state index contributed by atoms with van der Waals surface area (Å²) in [6.07, 6.45) is 1.78. The number of carboxylic acids is 1. The molecule has 1 aromatic carbocycles. The van der Waals surface area contributed by atoms with Crippen molar-refractivity contribution in [1.29, 1.82) is 0 Å². The molecule has 2 N–H and O–H groups in total. The Labute approximate surface area is 128 Å². The summed E-state index contributed by atoms with van der Waals surface area (Å²) in [4.78, 5) is 16.8. The first-order valence-electron chi connectivity index (χ1n) is 7.31. The monoisotopic (exact) mass is 306 g/mol. The third-order valence-electron chi connectivity index (χ3n) is 4.36. The van der Waals surface area contributed by atoms with Crippen LogP contribution in [0, 0.1) is 5.92 Å². The van der Waals surface area contributed by atoms with Crippen LogP contribution in [0.5, 0.6) is 0 Å². The van der Waals surface area contributed by atoms with E-state index in [0.717, 1.165) is 36.0 Å². The Bertz CT molecular complexity index is 667. The highest BCUT2D eigenvalue weighted by Crippen LogP contribution is 2.28. The summed E-state index contributed by atoms with van der Waals surface area (Å²) in [5, 5.41) is 11.2. The van der Waals surface area contributed by atoms with Crippen LogP contribution >= 0.6 is 11.6 Å². The number of nitrogens with zero attached hydrogens (tertiary/aromatic N) is 1. The first-order chi connectivity index (χ1) is 10.1. The number of H-pyrrole nitrogens is 1. The van der Waals surface area contributed by atoms with Crippen molar-refractivity contribution < 1.29 is 9.90 Å². The second kappa shape index (κ2) is 5.70. The van der Waals surface area contributed by atoms with E-state index in [1.807, 2.05) is 18.2 Å². The summed E-state index contributed by atoms with van der Waals surface area (Å²) in [6.45, 7) is 3.61. The molecule has 0 amide bonds. The van der Waals surface area contributed by atoms with E-state index < -0.39 is 5.97 Å². The summed E-state index contributed by atoms with van der Waals surface area (Å²) in [6, 6.07) is 7.41. The molecule has 2 atom stereocenters. The lowest BCUT2D eigenvalue weighted by atomic mass is 10.0. The molecule has 1 aromatic heterocycles. The van der Waals surface area contributed by atoms with Crippen LogP contribution in [0.1, 0.15) is 25.5 Å². The van der Waals surface area contributed by atoms with Gasteiger partial charge in [-0.2, -0.15) is 0 Å². The number of aromatic amines is 1. The molecule has 21 heavy (non-hydrogen) atoms. The zero-order valence-corrected chi connectivity index (χ0v) is 12.7. The molecule has 0 unspecified atom stereocenters. The maximum atomic E-state index is 11.4. The maximum absolute atomic E-state index is 11.4. The zero-order valence-electron chi connectivity index (χ0n) is 12.0. The van der Waals surface area contributed by atoms with Crippen LogP contribution in [0.25, 0.3) is 10.9 Å². The molecule has 5 heteroatoms. The van der Waals surface area contributed by atoms with E-state index in [4.69, 9.17) is 11.6 Å². The van der Waals surface area contributed by atoms with E-state index >= 15 is 0 Å². The van der Waals surface area contributed by atoms with Crippen LogP contribution in [0.3, 0.4) is 0 Å². The number of hydrogen-bond donors (Lipinski definition) is 2. The fourth-order valence-corrected chi connectivity index (χ4v) is 3.37. The molecular formula is C16H19ClN2O2. The van der Waals surface area contributed by atoms with Gasteiger partial charge in [-0.25, -0.2) is 0 Å². The lowest BCUT2D eigenvalue weighted by molar-refractivity contribution is -0.142. The van der Waals surface area contributed by atoms with Crippen LogP contribution in [0.4, 0.5) is 0 Å². The summed E-state index contributed by atoms with van der Waals surface area (Å²) in [5.74, 6) is -0.241. The number of nitrogens with one attached hydrogen (secondary N) is 1. The third-order valence-corrected chi connectivity index (χ3v) is 4.60. The van der Waals surface area contributed by atoms with Gasteiger partial charge < -0.3 is 10.1 Å². The van der Waals surface area contributed by atoms with E-state index in [1.54, 1.807) is 0 Å². The second-order valence-corrected chi connectivity index (χ2v) is 6.26. The molecule has 112 valence electrons. The Kier molecular flexibility index (Phi) is 3.91. The predicted molar refractivity (Wildman–Crippen MR) is 83.5 cm³/mol. The largest absolute Gasteiger partial charge is 0.480 e. The Morgan fingerprint density at radius 2 is 2.29 bits per heavy atom. The Hall–Kier alpha value is -1.52. The van der Waals surface area contributed by atoms with Crippen molar-refractivity contribution in [2.45, 2.75) is 32.4 Å². The van der Waals surface area contributed by atoms with Gasteiger partial charge in [0.25, 0.3) is 0 Å². The van der Waals surface area contributed by atoms with E-state index in [1.165, 1.54) is 0 Å². The number of aromatic nitrogens is 1. The van der Waals surface area contributed by atoms with Gasteiger partial charge in [-0.3, -0.25) is 9.69 Å². The fourth-order valence-electron chi connectivity index (χ4n) is 3.19. The SMILES string of the molecule is CC[C@@H]1C[C@H](C(=O)O)N(Cc2cc3cc(Cl)ccc3[nH]2)C1. The number of carbonyl (C=O) groups is 1. The number of rotatable bonds is 4. The Morgan fingerprint density at radius 3 is 3.00 bits per heavy atom. The highest BCUT2D eigenvalue weighted by Gasteiger charge is 2.35. The number of fused-ring (bicyclic) bond motifs is 1. The molecule has 4 nitrogen and oxygen atoms in total. The Morgan fingerprint density at radius 1 is 1.48 bits per heavy atom. The number of likely N-dealkylation sites (tertiary alicyclic amines) is 1. The summed E-state index contributed by atoms with van der Waals surface area (Å²) in [5.41, 5.74) is 2.07. The molecule has 1 aliphatic heterocycles. The highest BCUT2D eigenvalue weighted by molar-refractivity contribution is 6.31. The van der Waals surface area contributed by atoms with E-state index in [-0.39, 0.29) is 6.04 Å². The van der Waals surface area contributed by atoms with E-state index in [0.29, 0.717) is 17.5 Å². The zero-order chi connectivity index (χ0) is 15.0. The van der Waals surface area contributed by atoms with Gasteiger partial charge in [0, 0.05) is 34.7 Å². The number of benzene rings is 1. The lowest BCUT2D eigenvalue weighted by Crippen LogP contribution is -2.35. The average Bonchev–Trinajstić information content (AvgIpc) is 3.01. The normalized spacial score (nSPS) is 23.0. The Balaban J connectivity index is 1.81. The minimum atomic E-state index is -0.717. The highest BCUT2D eigenvalue weighted by atomic mass is 35.5. The van der Waals surface area contributed by atoms with Gasteiger partial charge in [-0.1, -0.05) is 24.9 Å². The molecule has 0 spiro atoms. The first kappa shape index (κ1) is 14.4. The molecule has 0 radical (unpaired) electrons. The quantitative estimate of drug-likeness (QED) is 0.909. The van der Waals surface area contributed by atoms with Crippen LogP contribution in [0.2, 0.25) is 5.02 Å². The van der Waals surface area contributed by atoms with Crippen LogP contribution in [0.15, 0.2) is 24.3 Å². The van der Waals surface area contributed by atoms with Crippen molar-refractivity contribution in [3.63, 3.8) is 0 Å². The summed E-state index contributed by atoms with van der Waals surface area (Å²) in [7, 11) is 0. The average molecular weight is 307 g/mol. The van der Waals surface area contributed by atoms with Crippen molar-refractivity contribution in [3.8, 4) is 0 Å². The predicted octanol–water partition coefficient (Wildman–Crippen LogP) is 3.51. The van der Waals surface area contributed by atoms with Gasteiger partial charge in [0.05, 0.1) is 0 Å². The van der Waals surface area contributed by atoms with Crippen molar-refractivity contribution in [2.75, 3.05) is 6.54 Å². The molecule has 0 bridgehead atoms. The number of hydrogen-bond acceptors (Lipinski definition) is 2. The molecule has 2 aromatic rings. The van der Waals surface area contributed by atoms with Gasteiger partial charge in [0.2, 0.25) is 0 Å². The smallest absolute Gasteiger partial charge is 0.320 e. The molecular weight excluding hydrogens is 288 g/mol. The maximum Gasteiger partial charge on any atom is 0.320 e. The third kappa shape index (κ3) is 2.92. The molecule has 0 saturated carbocycles. The first-order valence-corrected chi connectivity index (χ1v) is 7.68. The standard InChI is InChI=1S/C16H19ClN2O2/c1-2-10-5-15(16(20)21)19(8-10)9-13-7-11-6-12(17)3-4-14(11)18-13/h3-4,6-7,10,15,18H,2,5,8-9H2,1H3,(H,20,21)/t10-,15-/m1/s1. The van der Waals surface area contributed by atoms with E-state index in [2.05, 4.69) is 22.9 Å². The van der Waals surface area contributed by atoms with Crippen LogP contribution < -0.4 is 0 Å². The molecule has 2 heterocycles. The number of aliphatic carboxylic acids is 1. The minimum absolute atomic E-state index is 0.370. The van der Waals surface area contributed by atoms with E-state index in [9.17, 15) is 9.90 Å². The summed E-state index contributed by atoms with van der Waals surface area (Å²) >= 11 is 6.00. The molecule has 1 fully saturated rings. The molecule has 1 aliphatic rings. The molecule has 0 aliphatic carbocycles. The van der Waals surface area contributed by atoms with Crippen molar-refractivity contribution >= 4 is 28.5 Å².